The Kier molecular flexibility index (Phi) is 13.7. The normalized spacial score (nSPS) is 20.9. The van der Waals surface area contributed by atoms with Crippen molar-refractivity contribution in [2.75, 3.05) is 38.7 Å². The molecule has 1 heterocycles. The Hall–Kier alpha value is -3.35. The molecule has 2 aromatic carbocycles. The molecule has 0 saturated heterocycles. The number of rotatable bonds is 8. The van der Waals surface area contributed by atoms with Crippen LogP contribution in [0.3, 0.4) is 0 Å². The van der Waals surface area contributed by atoms with Gasteiger partial charge in [-0.2, -0.15) is 13.2 Å². The van der Waals surface area contributed by atoms with E-state index in [-0.39, 0.29) is 48.8 Å². The summed E-state index contributed by atoms with van der Waals surface area (Å²) in [5.41, 5.74) is 0.758. The number of carbonyl (C=O) groups is 2. The molecule has 3 N–H and O–H groups in total. The van der Waals surface area contributed by atoms with Crippen molar-refractivity contribution in [3.8, 4) is 5.75 Å². The smallest absolute Gasteiger partial charge is 0.416 e. The zero-order valence-electron chi connectivity index (χ0n) is 27.7. The summed E-state index contributed by atoms with van der Waals surface area (Å²) in [6, 6.07) is 9.13. The molecule has 12 heteroatoms. The molecule has 0 fully saturated rings. The average molecular weight is 651 g/mol. The summed E-state index contributed by atoms with van der Waals surface area (Å²) in [7, 11) is 1.89. The van der Waals surface area contributed by atoms with Gasteiger partial charge in [0.25, 0.3) is 5.91 Å². The van der Waals surface area contributed by atoms with Gasteiger partial charge in [0, 0.05) is 43.9 Å². The number of aliphatic hydroxyl groups is 1. The number of alkyl halides is 3. The molecule has 0 radical (unpaired) electrons. The molecule has 0 aromatic heterocycles. The second kappa shape index (κ2) is 17.0. The first-order valence-corrected chi connectivity index (χ1v) is 15.9. The van der Waals surface area contributed by atoms with Gasteiger partial charge < -0.3 is 30.1 Å². The van der Waals surface area contributed by atoms with E-state index in [4.69, 9.17) is 9.47 Å². The molecule has 0 spiro atoms. The van der Waals surface area contributed by atoms with E-state index in [9.17, 15) is 27.9 Å². The van der Waals surface area contributed by atoms with E-state index in [1.807, 2.05) is 39.6 Å². The Morgan fingerprint density at radius 1 is 1.11 bits per heavy atom. The van der Waals surface area contributed by atoms with Crippen LogP contribution < -0.4 is 15.4 Å². The summed E-state index contributed by atoms with van der Waals surface area (Å²) >= 11 is 0. The molecule has 256 valence electrons. The van der Waals surface area contributed by atoms with E-state index in [0.29, 0.717) is 31.1 Å². The summed E-state index contributed by atoms with van der Waals surface area (Å²) in [6.45, 7) is 10.8. The first-order chi connectivity index (χ1) is 21.7. The van der Waals surface area contributed by atoms with Gasteiger partial charge in [-0.3, -0.25) is 9.69 Å². The highest BCUT2D eigenvalue weighted by molar-refractivity contribution is 5.99. The number of anilines is 1. The first kappa shape index (κ1) is 37.1. The third-order valence-electron chi connectivity index (χ3n) is 7.95. The third kappa shape index (κ3) is 11.2. The number of hydrogen-bond acceptors (Lipinski definition) is 6. The van der Waals surface area contributed by atoms with E-state index >= 15 is 0 Å². The Labute approximate surface area is 270 Å². The minimum Gasteiger partial charge on any atom is -0.490 e. The van der Waals surface area contributed by atoms with Gasteiger partial charge in [0.15, 0.2) is 0 Å². The Morgan fingerprint density at radius 2 is 1.80 bits per heavy atom. The van der Waals surface area contributed by atoms with Gasteiger partial charge in [0.1, 0.15) is 5.75 Å². The highest BCUT2D eigenvalue weighted by Crippen LogP contribution is 2.30. The Balaban J connectivity index is 1.87. The molecular weight excluding hydrogens is 601 g/mol. The number of halogens is 3. The average Bonchev–Trinajstić information content (AvgIpc) is 2.98. The summed E-state index contributed by atoms with van der Waals surface area (Å²) in [6.07, 6.45) is -2.50. The van der Waals surface area contributed by atoms with Gasteiger partial charge in [-0.15, -0.1) is 0 Å². The lowest BCUT2D eigenvalue weighted by Crippen LogP contribution is -2.47. The molecule has 2 aromatic rings. The number of nitrogens with one attached hydrogen (secondary N) is 2. The van der Waals surface area contributed by atoms with Crippen molar-refractivity contribution in [2.45, 2.75) is 90.9 Å². The number of nitrogens with zero attached hydrogens (tertiary/aromatic N) is 2. The summed E-state index contributed by atoms with van der Waals surface area (Å²) in [4.78, 5) is 30.2. The predicted octanol–water partition coefficient (Wildman–Crippen LogP) is 6.16. The lowest BCUT2D eigenvalue weighted by Gasteiger charge is -2.36. The van der Waals surface area contributed by atoms with Crippen LogP contribution in [-0.4, -0.2) is 84.5 Å². The van der Waals surface area contributed by atoms with Crippen LogP contribution in [0.2, 0.25) is 0 Å². The van der Waals surface area contributed by atoms with E-state index in [1.165, 1.54) is 12.1 Å². The van der Waals surface area contributed by atoms with E-state index in [1.54, 1.807) is 30.0 Å². The van der Waals surface area contributed by atoms with E-state index in [0.717, 1.165) is 37.0 Å². The molecule has 4 atom stereocenters. The number of carbonyl (C=O) groups excluding carboxylic acids is 2. The van der Waals surface area contributed by atoms with Gasteiger partial charge in [-0.25, -0.2) is 4.79 Å². The predicted molar refractivity (Wildman–Crippen MR) is 172 cm³/mol. The van der Waals surface area contributed by atoms with Crippen LogP contribution in [0.5, 0.6) is 5.75 Å². The zero-order chi connectivity index (χ0) is 34.0. The number of fused-ring (bicyclic) bond motifs is 1. The lowest BCUT2D eigenvalue weighted by molar-refractivity contribution is -0.137. The molecule has 1 aliphatic heterocycles. The highest BCUT2D eigenvalue weighted by atomic mass is 19.4. The summed E-state index contributed by atoms with van der Waals surface area (Å²) in [5.74, 6) is -0.119. The number of ether oxygens (including phenoxy) is 2. The Morgan fingerprint density at radius 3 is 2.43 bits per heavy atom. The van der Waals surface area contributed by atoms with Crippen molar-refractivity contribution in [3.63, 3.8) is 0 Å². The van der Waals surface area contributed by atoms with Crippen molar-refractivity contribution in [1.82, 2.24) is 15.1 Å². The molecule has 0 unspecified atom stereocenters. The summed E-state index contributed by atoms with van der Waals surface area (Å²) in [5, 5.41) is 15.7. The molecule has 0 saturated carbocycles. The zero-order valence-corrected chi connectivity index (χ0v) is 27.7. The van der Waals surface area contributed by atoms with Gasteiger partial charge in [0.2, 0.25) is 0 Å². The molecule has 3 rings (SSSR count). The number of aliphatic hydroxyl groups excluding tert-OH is 1. The van der Waals surface area contributed by atoms with Crippen LogP contribution in [0, 0.1) is 5.92 Å². The van der Waals surface area contributed by atoms with Gasteiger partial charge >= 0.3 is 12.2 Å². The van der Waals surface area contributed by atoms with Crippen LogP contribution in [0.1, 0.15) is 75.4 Å². The van der Waals surface area contributed by atoms with Crippen molar-refractivity contribution >= 4 is 17.6 Å². The minimum absolute atomic E-state index is 0.0744. The van der Waals surface area contributed by atoms with Crippen LogP contribution in [0.4, 0.5) is 23.7 Å². The molecule has 3 amide bonds. The van der Waals surface area contributed by atoms with E-state index < -0.39 is 23.8 Å². The maximum absolute atomic E-state index is 14.2. The van der Waals surface area contributed by atoms with Crippen molar-refractivity contribution < 1.29 is 37.3 Å². The fourth-order valence-corrected chi connectivity index (χ4v) is 5.37. The monoisotopic (exact) mass is 650 g/mol. The number of urea groups is 1. The second-order valence-corrected chi connectivity index (χ2v) is 12.7. The van der Waals surface area contributed by atoms with Gasteiger partial charge in [-0.1, -0.05) is 19.1 Å². The maximum Gasteiger partial charge on any atom is 0.416 e. The second-order valence-electron chi connectivity index (χ2n) is 12.7. The van der Waals surface area contributed by atoms with E-state index in [2.05, 4.69) is 10.6 Å². The number of amides is 3. The Bertz CT molecular complexity index is 1270. The molecule has 46 heavy (non-hydrogen) atoms. The molecule has 9 nitrogen and oxygen atoms in total. The minimum atomic E-state index is -4.39. The standard InChI is InChI=1S/C34H49F3N4O5/c1-22(2)38-33(44)39-28-14-15-30-29(17-28)32(43)41(24(4)21-42)18-23(3)31(45-16-8-7-9-25(5)46-30)20-40(6)19-26-10-12-27(13-11-26)34(35,36)37/h10-15,17,22-25,31,42H,7-9,16,18-21H2,1-6H3,(H2,38,39,44)/t23-,24-,25-,31+/m1/s1. The summed E-state index contributed by atoms with van der Waals surface area (Å²) < 4.78 is 51.7. The van der Waals surface area contributed by atoms with Crippen LogP contribution >= 0.6 is 0 Å². The van der Waals surface area contributed by atoms with Crippen LogP contribution in [0.25, 0.3) is 0 Å². The number of hydrogen-bond donors (Lipinski definition) is 3. The van der Waals surface area contributed by atoms with Gasteiger partial charge in [-0.05, 0) is 89.9 Å². The molecule has 0 bridgehead atoms. The van der Waals surface area contributed by atoms with Crippen LogP contribution in [0.15, 0.2) is 42.5 Å². The van der Waals surface area contributed by atoms with Crippen molar-refractivity contribution in [1.29, 1.82) is 0 Å². The quantitative estimate of drug-likeness (QED) is 0.316. The largest absolute Gasteiger partial charge is 0.490 e. The topological polar surface area (TPSA) is 103 Å². The number of likely N-dealkylation sites (N-methyl/N-ethyl adjacent to an activating group) is 1. The lowest BCUT2D eigenvalue weighted by atomic mass is 10.0. The van der Waals surface area contributed by atoms with Crippen molar-refractivity contribution in [3.05, 3.63) is 59.2 Å². The SMILES string of the molecule is CC(C)NC(=O)Nc1ccc2c(c1)C(=O)N([C@H](C)CO)C[C@@H](C)[C@H](CN(C)Cc1ccc(C(F)(F)F)cc1)OCCCC[C@@H](C)O2. The highest BCUT2D eigenvalue weighted by Gasteiger charge is 2.31. The van der Waals surface area contributed by atoms with Crippen molar-refractivity contribution in [2.24, 2.45) is 5.92 Å². The molecular formula is C34H49F3N4O5. The first-order valence-electron chi connectivity index (χ1n) is 15.9. The van der Waals surface area contributed by atoms with Gasteiger partial charge in [0.05, 0.1) is 36.0 Å². The molecule has 1 aliphatic rings. The fraction of sp³-hybridized carbons (Fsp3) is 0.588. The third-order valence-corrected chi connectivity index (χ3v) is 7.95. The molecule has 0 aliphatic carbocycles. The number of benzene rings is 2. The maximum atomic E-state index is 14.2. The van der Waals surface area contributed by atoms with Crippen LogP contribution in [-0.2, 0) is 17.5 Å². The fourth-order valence-electron chi connectivity index (χ4n) is 5.37.